The monoisotopic (exact) mass is 442 g/mol. The number of amides is 1. The number of imidazole rings is 1. The summed E-state index contributed by atoms with van der Waals surface area (Å²) in [5, 5.41) is 6.10. The summed E-state index contributed by atoms with van der Waals surface area (Å²) in [7, 11) is 0. The van der Waals surface area contributed by atoms with Crippen LogP contribution in [0.25, 0.3) is 11.3 Å². The van der Waals surface area contributed by atoms with Gasteiger partial charge in [-0.25, -0.2) is 9.97 Å². The number of nitrogens with zero attached hydrogens (tertiary/aromatic N) is 3. The summed E-state index contributed by atoms with van der Waals surface area (Å²) in [6.45, 7) is 7.61. The summed E-state index contributed by atoms with van der Waals surface area (Å²) in [4.78, 5) is 22.0. The first-order valence-electron chi connectivity index (χ1n) is 10.1. The zero-order chi connectivity index (χ0) is 21.1. The van der Waals surface area contributed by atoms with Crippen molar-refractivity contribution in [2.24, 2.45) is 0 Å². The molecule has 1 aliphatic rings. The van der Waals surface area contributed by atoms with E-state index in [4.69, 9.17) is 9.72 Å². The van der Waals surface area contributed by atoms with Gasteiger partial charge in [0.25, 0.3) is 0 Å². The molecule has 3 heterocycles. The van der Waals surface area contributed by atoms with E-state index in [9.17, 15) is 4.79 Å². The van der Waals surface area contributed by atoms with E-state index in [0.29, 0.717) is 5.13 Å². The molecule has 158 valence electrons. The number of thiazole rings is 1. The van der Waals surface area contributed by atoms with Gasteiger partial charge < -0.3 is 14.6 Å². The van der Waals surface area contributed by atoms with E-state index in [0.717, 1.165) is 53.8 Å². The first-order valence-corrected chi connectivity index (χ1v) is 11.9. The number of benzene rings is 1. The van der Waals surface area contributed by atoms with Crippen molar-refractivity contribution in [2.75, 3.05) is 11.9 Å². The third kappa shape index (κ3) is 4.77. The van der Waals surface area contributed by atoms with Crippen molar-refractivity contribution in [3.05, 3.63) is 47.1 Å². The van der Waals surface area contributed by atoms with Gasteiger partial charge in [0.2, 0.25) is 5.91 Å². The molecular weight excluding hydrogens is 416 g/mol. The van der Waals surface area contributed by atoms with Crippen molar-refractivity contribution < 1.29 is 9.53 Å². The van der Waals surface area contributed by atoms with Crippen molar-refractivity contribution in [1.29, 1.82) is 0 Å². The number of rotatable bonds is 7. The van der Waals surface area contributed by atoms with Gasteiger partial charge in [-0.15, -0.1) is 11.3 Å². The van der Waals surface area contributed by atoms with Gasteiger partial charge in [0.15, 0.2) is 10.3 Å². The van der Waals surface area contributed by atoms with E-state index in [-0.39, 0.29) is 17.3 Å². The molecule has 0 aliphatic carbocycles. The maximum Gasteiger partial charge on any atom is 0.239 e. The van der Waals surface area contributed by atoms with Crippen molar-refractivity contribution in [1.82, 2.24) is 14.5 Å². The molecule has 8 heteroatoms. The van der Waals surface area contributed by atoms with E-state index < -0.39 is 0 Å². The number of carbonyl (C=O) groups is 1. The van der Waals surface area contributed by atoms with Crippen LogP contribution in [0.3, 0.4) is 0 Å². The van der Waals surface area contributed by atoms with Crippen LogP contribution in [0, 0.1) is 13.8 Å². The lowest BCUT2D eigenvalue weighted by molar-refractivity contribution is -0.115. The van der Waals surface area contributed by atoms with Crippen molar-refractivity contribution in [2.45, 2.75) is 56.7 Å². The maximum absolute atomic E-state index is 12.8. The highest BCUT2D eigenvalue weighted by atomic mass is 32.2. The normalized spacial score (nSPS) is 17.2. The second-order valence-corrected chi connectivity index (χ2v) is 9.63. The molecule has 1 fully saturated rings. The SMILES string of the molecule is Cc1nc(S[C@@H](C)C(=O)Nc2nc(-c3ccccc3)cs2)n(C[C@@H]2CCCO2)c1C. The van der Waals surface area contributed by atoms with Gasteiger partial charge in [-0.1, -0.05) is 42.1 Å². The Bertz CT molecular complexity index is 1010. The molecule has 1 N–H and O–H groups in total. The standard InChI is InChI=1S/C22H26N4O2S2/c1-14-15(2)26(12-18-10-7-11-28-18)22(23-14)30-16(3)20(27)25-21-24-19(13-29-21)17-8-5-4-6-9-17/h4-6,8-9,13,16,18H,7,10-12H2,1-3H3,(H,24,25,27)/t16-,18-/m0/s1. The number of aromatic nitrogens is 3. The molecule has 6 nitrogen and oxygen atoms in total. The van der Waals surface area contributed by atoms with Crippen LogP contribution >= 0.6 is 23.1 Å². The minimum Gasteiger partial charge on any atom is -0.376 e. The van der Waals surface area contributed by atoms with Crippen LogP contribution in [0.5, 0.6) is 0 Å². The zero-order valence-electron chi connectivity index (χ0n) is 17.4. The molecule has 1 aromatic carbocycles. The average Bonchev–Trinajstić information content (AvgIpc) is 3.48. The van der Waals surface area contributed by atoms with Gasteiger partial charge in [0.05, 0.1) is 29.3 Å². The first-order chi connectivity index (χ1) is 14.5. The lowest BCUT2D eigenvalue weighted by atomic mass is 10.2. The molecule has 3 aromatic rings. The summed E-state index contributed by atoms with van der Waals surface area (Å²) in [5.74, 6) is -0.0732. The number of nitrogens with one attached hydrogen (secondary N) is 1. The Labute approximate surface area is 185 Å². The van der Waals surface area contributed by atoms with Gasteiger partial charge >= 0.3 is 0 Å². The lowest BCUT2D eigenvalue weighted by Gasteiger charge is -2.16. The highest BCUT2D eigenvalue weighted by Crippen LogP contribution is 2.29. The van der Waals surface area contributed by atoms with Crippen LogP contribution in [0.1, 0.15) is 31.2 Å². The van der Waals surface area contributed by atoms with E-state index >= 15 is 0 Å². The largest absolute Gasteiger partial charge is 0.376 e. The minimum atomic E-state index is -0.293. The van der Waals surface area contributed by atoms with Gasteiger partial charge in [0.1, 0.15) is 0 Å². The topological polar surface area (TPSA) is 69.0 Å². The quantitative estimate of drug-likeness (QED) is 0.526. The Morgan fingerprint density at radius 1 is 1.33 bits per heavy atom. The second kappa shape index (κ2) is 9.32. The molecule has 1 aliphatic heterocycles. The number of ether oxygens (including phenoxy) is 1. The molecule has 2 aromatic heterocycles. The molecule has 2 atom stereocenters. The molecule has 1 amide bonds. The van der Waals surface area contributed by atoms with Crippen LogP contribution in [0.2, 0.25) is 0 Å². The van der Waals surface area contributed by atoms with Crippen molar-refractivity contribution >= 4 is 34.1 Å². The van der Waals surface area contributed by atoms with E-state index in [2.05, 4.69) is 21.8 Å². The van der Waals surface area contributed by atoms with E-state index in [1.165, 1.54) is 23.1 Å². The summed E-state index contributed by atoms with van der Waals surface area (Å²) < 4.78 is 7.99. The molecule has 0 unspecified atom stereocenters. The van der Waals surface area contributed by atoms with E-state index in [1.54, 1.807) is 0 Å². The number of anilines is 1. The van der Waals surface area contributed by atoms with Crippen molar-refractivity contribution in [3.8, 4) is 11.3 Å². The number of aryl methyl sites for hydroxylation is 1. The van der Waals surface area contributed by atoms with Crippen molar-refractivity contribution in [3.63, 3.8) is 0 Å². The van der Waals surface area contributed by atoms with E-state index in [1.807, 2.05) is 49.6 Å². The molecular formula is C22H26N4O2S2. The number of hydrogen-bond donors (Lipinski definition) is 1. The van der Waals surface area contributed by atoms with Crippen LogP contribution in [-0.4, -0.2) is 38.4 Å². The summed E-state index contributed by atoms with van der Waals surface area (Å²) in [6, 6.07) is 9.96. The zero-order valence-corrected chi connectivity index (χ0v) is 19.1. The predicted molar refractivity (Wildman–Crippen MR) is 122 cm³/mol. The molecule has 0 radical (unpaired) electrons. The Hall–Kier alpha value is -2.16. The van der Waals surface area contributed by atoms with Gasteiger partial charge in [-0.05, 0) is 33.6 Å². The Kier molecular flexibility index (Phi) is 6.55. The lowest BCUT2D eigenvalue weighted by Crippen LogP contribution is -2.23. The summed E-state index contributed by atoms with van der Waals surface area (Å²) in [6.07, 6.45) is 2.41. The predicted octanol–water partition coefficient (Wildman–Crippen LogP) is 4.92. The molecule has 0 bridgehead atoms. The number of carbonyl (C=O) groups excluding carboxylic acids is 1. The number of hydrogen-bond acceptors (Lipinski definition) is 6. The maximum atomic E-state index is 12.8. The van der Waals surface area contributed by atoms with Gasteiger partial charge in [-0.3, -0.25) is 4.79 Å². The fourth-order valence-corrected chi connectivity index (χ4v) is 5.14. The minimum absolute atomic E-state index is 0.0732. The Balaban J connectivity index is 1.41. The smallest absolute Gasteiger partial charge is 0.239 e. The highest BCUT2D eigenvalue weighted by Gasteiger charge is 2.24. The third-order valence-electron chi connectivity index (χ3n) is 5.29. The summed E-state index contributed by atoms with van der Waals surface area (Å²) in [5.41, 5.74) is 4.04. The molecule has 1 saturated heterocycles. The average molecular weight is 443 g/mol. The van der Waals surface area contributed by atoms with Gasteiger partial charge in [0, 0.05) is 23.2 Å². The van der Waals surface area contributed by atoms with Gasteiger partial charge in [-0.2, -0.15) is 0 Å². The molecule has 0 spiro atoms. The van der Waals surface area contributed by atoms with Crippen LogP contribution in [0.4, 0.5) is 5.13 Å². The molecule has 30 heavy (non-hydrogen) atoms. The molecule has 0 saturated carbocycles. The fraction of sp³-hybridized carbons (Fsp3) is 0.409. The Morgan fingerprint density at radius 3 is 2.87 bits per heavy atom. The van der Waals surface area contributed by atoms with Crippen LogP contribution in [-0.2, 0) is 16.1 Å². The third-order valence-corrected chi connectivity index (χ3v) is 7.14. The first kappa shape index (κ1) is 21.1. The van der Waals surface area contributed by atoms with Crippen LogP contribution < -0.4 is 5.32 Å². The van der Waals surface area contributed by atoms with Crippen LogP contribution in [0.15, 0.2) is 40.9 Å². The highest BCUT2D eigenvalue weighted by molar-refractivity contribution is 8.00. The molecule has 4 rings (SSSR count). The Morgan fingerprint density at radius 2 is 2.13 bits per heavy atom. The fourth-order valence-electron chi connectivity index (χ4n) is 3.41. The number of thioether (sulfide) groups is 1. The summed E-state index contributed by atoms with van der Waals surface area (Å²) >= 11 is 2.92. The second-order valence-electron chi connectivity index (χ2n) is 7.46.